The summed E-state index contributed by atoms with van der Waals surface area (Å²) in [6.45, 7) is 3.91. The number of ether oxygens (including phenoxy) is 2. The molecule has 0 N–H and O–H groups in total. The van der Waals surface area contributed by atoms with E-state index in [1.165, 1.54) is 11.0 Å². The highest BCUT2D eigenvalue weighted by molar-refractivity contribution is 5.91. The van der Waals surface area contributed by atoms with Crippen molar-refractivity contribution in [2.75, 3.05) is 13.2 Å². The Morgan fingerprint density at radius 3 is 2.44 bits per heavy atom. The molecule has 2 rings (SSSR count). The second-order valence-corrected chi connectivity index (χ2v) is 5.61. The van der Waals surface area contributed by atoms with Crippen LogP contribution in [-0.2, 0) is 30.3 Å². The zero-order valence-electron chi connectivity index (χ0n) is 14.6. The Bertz CT molecular complexity index is 653. The third kappa shape index (κ3) is 4.92. The number of carbonyl (C=O) groups is 3. The van der Waals surface area contributed by atoms with Gasteiger partial charge >= 0.3 is 11.9 Å². The molecular formula is C19H23NO5. The van der Waals surface area contributed by atoms with Gasteiger partial charge in [-0.2, -0.15) is 0 Å². The first kappa shape index (κ1) is 18.7. The number of benzene rings is 1. The van der Waals surface area contributed by atoms with Gasteiger partial charge in [-0.1, -0.05) is 30.3 Å². The molecule has 6 heteroatoms. The Labute approximate surface area is 147 Å². The normalized spacial score (nSPS) is 16.8. The van der Waals surface area contributed by atoms with Crippen LogP contribution in [0.5, 0.6) is 0 Å². The minimum absolute atomic E-state index is 0.190. The summed E-state index contributed by atoms with van der Waals surface area (Å²) >= 11 is 0. The van der Waals surface area contributed by atoms with E-state index in [0.717, 1.165) is 5.56 Å². The van der Waals surface area contributed by atoms with Crippen LogP contribution in [0.1, 0.15) is 32.3 Å². The molecule has 0 spiro atoms. The molecule has 1 aromatic rings. The molecule has 1 heterocycles. The van der Waals surface area contributed by atoms with Gasteiger partial charge in [0.2, 0.25) is 5.91 Å². The summed E-state index contributed by atoms with van der Waals surface area (Å²) in [7, 11) is 0. The third-order valence-electron chi connectivity index (χ3n) is 3.89. The van der Waals surface area contributed by atoms with E-state index in [0.29, 0.717) is 18.5 Å². The largest absolute Gasteiger partial charge is 0.464 e. The highest BCUT2D eigenvalue weighted by atomic mass is 16.5. The molecule has 0 bridgehead atoms. The molecule has 25 heavy (non-hydrogen) atoms. The van der Waals surface area contributed by atoms with E-state index >= 15 is 0 Å². The predicted octanol–water partition coefficient (Wildman–Crippen LogP) is 2.23. The molecule has 1 amide bonds. The van der Waals surface area contributed by atoms with E-state index < -0.39 is 18.0 Å². The van der Waals surface area contributed by atoms with Crippen molar-refractivity contribution >= 4 is 17.8 Å². The number of rotatable bonds is 7. The number of likely N-dealkylation sites (tertiary alicyclic amines) is 1. The maximum Gasteiger partial charge on any atom is 0.332 e. The lowest BCUT2D eigenvalue weighted by atomic mass is 10.0. The summed E-state index contributed by atoms with van der Waals surface area (Å²) in [5, 5.41) is 0. The predicted molar refractivity (Wildman–Crippen MR) is 91.4 cm³/mol. The van der Waals surface area contributed by atoms with Crippen molar-refractivity contribution in [3.63, 3.8) is 0 Å². The van der Waals surface area contributed by atoms with Crippen LogP contribution in [0.2, 0.25) is 0 Å². The van der Waals surface area contributed by atoms with Gasteiger partial charge in [-0.05, 0) is 25.8 Å². The van der Waals surface area contributed by atoms with Crippen molar-refractivity contribution in [3.05, 3.63) is 47.7 Å². The van der Waals surface area contributed by atoms with Crippen molar-refractivity contribution in [2.45, 2.75) is 39.2 Å². The van der Waals surface area contributed by atoms with Crippen LogP contribution in [0.4, 0.5) is 0 Å². The highest BCUT2D eigenvalue weighted by Crippen LogP contribution is 2.27. The van der Waals surface area contributed by atoms with Crippen LogP contribution in [0, 0.1) is 0 Å². The fourth-order valence-corrected chi connectivity index (χ4v) is 2.83. The molecule has 0 radical (unpaired) electrons. The van der Waals surface area contributed by atoms with Crippen LogP contribution in [0.25, 0.3) is 0 Å². The molecule has 6 nitrogen and oxygen atoms in total. The maximum atomic E-state index is 12.5. The summed E-state index contributed by atoms with van der Waals surface area (Å²) in [5.41, 5.74) is 1.41. The van der Waals surface area contributed by atoms with E-state index in [9.17, 15) is 14.4 Å². The van der Waals surface area contributed by atoms with Crippen molar-refractivity contribution in [2.24, 2.45) is 0 Å². The molecule has 1 fully saturated rings. The molecule has 0 saturated carbocycles. The SMILES string of the molecule is CCOC(=O)/C=C1\CCC(=O)N1C(Cc1ccccc1)C(=O)OCC. The molecule has 1 aliphatic rings. The highest BCUT2D eigenvalue weighted by Gasteiger charge is 2.37. The van der Waals surface area contributed by atoms with E-state index in [-0.39, 0.29) is 25.5 Å². The molecule has 1 unspecified atom stereocenters. The fourth-order valence-electron chi connectivity index (χ4n) is 2.83. The minimum atomic E-state index is -0.793. The van der Waals surface area contributed by atoms with Gasteiger partial charge in [0.1, 0.15) is 6.04 Å². The number of hydrogen-bond acceptors (Lipinski definition) is 5. The van der Waals surface area contributed by atoms with Crippen LogP contribution < -0.4 is 0 Å². The zero-order valence-corrected chi connectivity index (χ0v) is 14.6. The Hall–Kier alpha value is -2.63. The first-order chi connectivity index (χ1) is 12.1. The maximum absolute atomic E-state index is 12.5. The Morgan fingerprint density at radius 2 is 1.80 bits per heavy atom. The Balaban J connectivity index is 2.31. The first-order valence-electron chi connectivity index (χ1n) is 8.46. The molecule has 1 aliphatic heterocycles. The minimum Gasteiger partial charge on any atom is -0.464 e. The Morgan fingerprint density at radius 1 is 1.12 bits per heavy atom. The van der Waals surface area contributed by atoms with Crippen molar-refractivity contribution < 1.29 is 23.9 Å². The number of allylic oxidation sites excluding steroid dienone is 1. The summed E-state index contributed by atoms with van der Waals surface area (Å²) in [4.78, 5) is 38.0. The molecule has 0 aliphatic carbocycles. The van der Waals surface area contributed by atoms with E-state index in [1.54, 1.807) is 13.8 Å². The first-order valence-corrected chi connectivity index (χ1v) is 8.46. The second kappa shape index (κ2) is 9.01. The summed E-state index contributed by atoms with van der Waals surface area (Å²) in [6, 6.07) is 8.62. The topological polar surface area (TPSA) is 72.9 Å². The van der Waals surface area contributed by atoms with Gasteiger partial charge in [0.05, 0.1) is 13.2 Å². The number of hydrogen-bond donors (Lipinski definition) is 0. The number of carbonyl (C=O) groups excluding carboxylic acids is 3. The number of esters is 2. The van der Waals surface area contributed by atoms with Gasteiger partial charge in [0, 0.05) is 24.6 Å². The van der Waals surface area contributed by atoms with Gasteiger partial charge in [0.15, 0.2) is 0 Å². The van der Waals surface area contributed by atoms with Crippen LogP contribution in [0.3, 0.4) is 0 Å². The lowest BCUT2D eigenvalue weighted by molar-refractivity contribution is -0.152. The number of amides is 1. The number of nitrogens with zero attached hydrogens (tertiary/aromatic N) is 1. The average Bonchev–Trinajstić information content (AvgIpc) is 2.94. The van der Waals surface area contributed by atoms with Gasteiger partial charge in [-0.15, -0.1) is 0 Å². The van der Waals surface area contributed by atoms with E-state index in [4.69, 9.17) is 9.47 Å². The summed E-state index contributed by atoms with van der Waals surface area (Å²) < 4.78 is 10.1. The lowest BCUT2D eigenvalue weighted by Gasteiger charge is -2.27. The fraction of sp³-hybridized carbons (Fsp3) is 0.421. The monoisotopic (exact) mass is 345 g/mol. The summed E-state index contributed by atoms with van der Waals surface area (Å²) in [5.74, 6) is -1.18. The quantitative estimate of drug-likeness (QED) is 0.560. The van der Waals surface area contributed by atoms with Gasteiger partial charge < -0.3 is 14.4 Å². The molecule has 134 valence electrons. The molecule has 1 saturated heterocycles. The third-order valence-corrected chi connectivity index (χ3v) is 3.89. The zero-order chi connectivity index (χ0) is 18.2. The smallest absolute Gasteiger partial charge is 0.332 e. The standard InChI is InChI=1S/C19H23NO5/c1-3-24-18(22)13-15-10-11-17(21)20(15)16(19(23)25-4-2)12-14-8-6-5-7-9-14/h5-9,13,16H,3-4,10-12H2,1-2H3/b15-13+. The van der Waals surface area contributed by atoms with Crippen molar-refractivity contribution in [1.82, 2.24) is 4.90 Å². The van der Waals surface area contributed by atoms with Crippen molar-refractivity contribution in [1.29, 1.82) is 0 Å². The van der Waals surface area contributed by atoms with Gasteiger partial charge in [0.25, 0.3) is 0 Å². The van der Waals surface area contributed by atoms with Crippen LogP contribution >= 0.6 is 0 Å². The van der Waals surface area contributed by atoms with Crippen molar-refractivity contribution in [3.8, 4) is 0 Å². The molecule has 1 aromatic carbocycles. The van der Waals surface area contributed by atoms with Gasteiger partial charge in [-0.25, -0.2) is 9.59 Å². The summed E-state index contributed by atoms with van der Waals surface area (Å²) in [6.07, 6.45) is 2.29. The van der Waals surface area contributed by atoms with Crippen LogP contribution in [-0.4, -0.2) is 42.0 Å². The van der Waals surface area contributed by atoms with E-state index in [1.807, 2.05) is 30.3 Å². The second-order valence-electron chi connectivity index (χ2n) is 5.61. The van der Waals surface area contributed by atoms with Gasteiger partial charge in [-0.3, -0.25) is 4.79 Å². The lowest BCUT2D eigenvalue weighted by Crippen LogP contribution is -2.43. The molecular weight excluding hydrogens is 322 g/mol. The molecule has 0 aromatic heterocycles. The average molecular weight is 345 g/mol. The molecule has 1 atom stereocenters. The Kier molecular flexibility index (Phi) is 6.74. The van der Waals surface area contributed by atoms with E-state index in [2.05, 4.69) is 0 Å². The van der Waals surface area contributed by atoms with Crippen LogP contribution in [0.15, 0.2) is 42.1 Å².